The van der Waals surface area contributed by atoms with Crippen molar-refractivity contribution in [2.45, 2.75) is 32.7 Å². The Morgan fingerprint density at radius 2 is 2.15 bits per heavy atom. The van der Waals surface area contributed by atoms with E-state index in [4.69, 9.17) is 0 Å². The number of benzene rings is 1. The molecule has 106 valence electrons. The Morgan fingerprint density at radius 1 is 1.40 bits per heavy atom. The third kappa shape index (κ3) is 2.76. The normalized spacial score (nSPS) is 12.4. The monoisotopic (exact) mass is 278 g/mol. The van der Waals surface area contributed by atoms with Crippen molar-refractivity contribution in [1.82, 2.24) is 9.55 Å². The number of aromatic nitrogens is 2. The molecule has 1 heterocycles. The number of Topliss-reactive ketones (excluding diaryl/α,β-unsaturated/α-hetero) is 1. The van der Waals surface area contributed by atoms with E-state index < -0.39 is 23.5 Å². The third-order valence-corrected chi connectivity index (χ3v) is 3.22. The summed E-state index contributed by atoms with van der Waals surface area (Å²) in [5.41, 5.74) is -0.102. The van der Waals surface area contributed by atoms with Gasteiger partial charge in [0.2, 0.25) is 0 Å². The highest BCUT2D eigenvalue weighted by Gasteiger charge is 2.22. The predicted octanol–water partition coefficient (Wildman–Crippen LogP) is 3.56. The molecular formula is C15H16F2N2O. The molecule has 2 rings (SSSR count). The van der Waals surface area contributed by atoms with Gasteiger partial charge in [-0.25, -0.2) is 13.8 Å². The molecule has 20 heavy (non-hydrogen) atoms. The Kier molecular flexibility index (Phi) is 4.27. The highest BCUT2D eigenvalue weighted by molar-refractivity contribution is 5.99. The standard InChI is InChI=1S/C15H16F2N2O/c1-3-4-14-18-7-8-19(14)10(2)15(20)12-6-5-11(16)9-13(12)17/h5-10H,3-4H2,1-2H3. The molecule has 0 aliphatic rings. The van der Waals surface area contributed by atoms with Crippen molar-refractivity contribution < 1.29 is 13.6 Å². The van der Waals surface area contributed by atoms with Gasteiger partial charge in [0.25, 0.3) is 0 Å². The molecule has 2 aromatic rings. The lowest BCUT2D eigenvalue weighted by molar-refractivity contribution is 0.0929. The molecule has 1 aromatic heterocycles. The Labute approximate surface area is 116 Å². The van der Waals surface area contributed by atoms with E-state index in [0.717, 1.165) is 30.8 Å². The molecule has 0 fully saturated rings. The number of rotatable bonds is 5. The molecule has 0 saturated heterocycles. The summed E-state index contributed by atoms with van der Waals surface area (Å²) in [5.74, 6) is -1.13. The van der Waals surface area contributed by atoms with Gasteiger partial charge in [0.1, 0.15) is 17.5 Å². The van der Waals surface area contributed by atoms with Crippen LogP contribution in [0.1, 0.15) is 42.5 Å². The minimum atomic E-state index is -0.834. The van der Waals surface area contributed by atoms with E-state index >= 15 is 0 Å². The first-order valence-electron chi connectivity index (χ1n) is 6.55. The average Bonchev–Trinajstić information content (AvgIpc) is 2.86. The fourth-order valence-corrected chi connectivity index (χ4v) is 2.15. The van der Waals surface area contributed by atoms with E-state index in [9.17, 15) is 13.6 Å². The first kappa shape index (κ1) is 14.4. The van der Waals surface area contributed by atoms with Gasteiger partial charge in [-0.1, -0.05) is 6.92 Å². The summed E-state index contributed by atoms with van der Waals surface area (Å²) in [4.78, 5) is 16.5. The Morgan fingerprint density at radius 3 is 2.80 bits per heavy atom. The van der Waals surface area contributed by atoms with Gasteiger partial charge < -0.3 is 4.57 Å². The van der Waals surface area contributed by atoms with E-state index in [-0.39, 0.29) is 5.56 Å². The lowest BCUT2D eigenvalue weighted by Crippen LogP contribution is -2.19. The topological polar surface area (TPSA) is 34.9 Å². The van der Waals surface area contributed by atoms with Gasteiger partial charge in [0, 0.05) is 24.9 Å². The zero-order valence-corrected chi connectivity index (χ0v) is 11.4. The van der Waals surface area contributed by atoms with E-state index in [1.165, 1.54) is 6.07 Å². The molecule has 1 atom stereocenters. The van der Waals surface area contributed by atoms with Crippen LogP contribution in [0.25, 0.3) is 0 Å². The smallest absolute Gasteiger partial charge is 0.188 e. The highest BCUT2D eigenvalue weighted by atomic mass is 19.1. The number of hydrogen-bond donors (Lipinski definition) is 0. The van der Waals surface area contributed by atoms with Gasteiger partial charge >= 0.3 is 0 Å². The molecule has 0 spiro atoms. The van der Waals surface area contributed by atoms with Crippen LogP contribution >= 0.6 is 0 Å². The van der Waals surface area contributed by atoms with Gasteiger partial charge in [-0.05, 0) is 25.5 Å². The van der Waals surface area contributed by atoms with Crippen molar-refractivity contribution in [2.75, 3.05) is 0 Å². The van der Waals surface area contributed by atoms with Crippen LogP contribution in [0, 0.1) is 11.6 Å². The van der Waals surface area contributed by atoms with E-state index in [0.29, 0.717) is 0 Å². The molecule has 0 N–H and O–H groups in total. The SMILES string of the molecule is CCCc1nccn1C(C)C(=O)c1ccc(F)cc1F. The van der Waals surface area contributed by atoms with Crippen molar-refractivity contribution in [3.8, 4) is 0 Å². The van der Waals surface area contributed by atoms with Crippen LogP contribution < -0.4 is 0 Å². The largest absolute Gasteiger partial charge is 0.324 e. The molecule has 5 heteroatoms. The second-order valence-corrected chi connectivity index (χ2v) is 4.67. The number of carbonyl (C=O) groups is 1. The van der Waals surface area contributed by atoms with Crippen LogP contribution in [0.5, 0.6) is 0 Å². The number of halogens is 2. The highest BCUT2D eigenvalue weighted by Crippen LogP contribution is 2.19. The maximum absolute atomic E-state index is 13.7. The minimum absolute atomic E-state index is 0.102. The Bertz CT molecular complexity index is 622. The molecule has 0 radical (unpaired) electrons. The number of ketones is 1. The van der Waals surface area contributed by atoms with E-state index in [1.807, 2.05) is 6.92 Å². The summed E-state index contributed by atoms with van der Waals surface area (Å²) < 4.78 is 28.3. The maximum Gasteiger partial charge on any atom is 0.188 e. The van der Waals surface area contributed by atoms with Gasteiger partial charge in [-0.3, -0.25) is 4.79 Å². The lowest BCUT2D eigenvalue weighted by Gasteiger charge is -2.15. The summed E-state index contributed by atoms with van der Waals surface area (Å²) in [5, 5.41) is 0. The van der Waals surface area contributed by atoms with E-state index in [1.54, 1.807) is 23.9 Å². The second kappa shape index (κ2) is 5.94. The summed E-state index contributed by atoms with van der Waals surface area (Å²) in [7, 11) is 0. The predicted molar refractivity (Wildman–Crippen MR) is 71.6 cm³/mol. The lowest BCUT2D eigenvalue weighted by atomic mass is 10.0. The maximum atomic E-state index is 13.7. The molecular weight excluding hydrogens is 262 g/mol. The van der Waals surface area contributed by atoms with Gasteiger partial charge in [-0.2, -0.15) is 0 Å². The fourth-order valence-electron chi connectivity index (χ4n) is 2.15. The van der Waals surface area contributed by atoms with Crippen molar-refractivity contribution in [1.29, 1.82) is 0 Å². The van der Waals surface area contributed by atoms with Gasteiger partial charge in [-0.15, -0.1) is 0 Å². The summed E-state index contributed by atoms with van der Waals surface area (Å²) in [6.07, 6.45) is 4.98. The number of aryl methyl sites for hydroxylation is 1. The molecule has 0 saturated carbocycles. The third-order valence-electron chi connectivity index (χ3n) is 3.22. The number of hydrogen-bond acceptors (Lipinski definition) is 2. The first-order valence-corrected chi connectivity index (χ1v) is 6.55. The van der Waals surface area contributed by atoms with Crippen molar-refractivity contribution in [3.05, 3.63) is 53.6 Å². The number of nitrogens with zero attached hydrogens (tertiary/aromatic N) is 2. The van der Waals surface area contributed by atoms with E-state index in [2.05, 4.69) is 4.98 Å². The summed E-state index contributed by atoms with van der Waals surface area (Å²) in [6, 6.07) is 2.42. The first-order chi connectivity index (χ1) is 9.54. The molecule has 0 aliphatic heterocycles. The summed E-state index contributed by atoms with van der Waals surface area (Å²) >= 11 is 0. The molecule has 3 nitrogen and oxygen atoms in total. The van der Waals surface area contributed by atoms with Crippen molar-refractivity contribution >= 4 is 5.78 Å². The molecule has 0 bridgehead atoms. The van der Waals surface area contributed by atoms with Gasteiger partial charge in [0.15, 0.2) is 5.78 Å². The van der Waals surface area contributed by atoms with Gasteiger partial charge in [0.05, 0.1) is 11.6 Å². The van der Waals surface area contributed by atoms with Crippen LogP contribution in [0.15, 0.2) is 30.6 Å². The average molecular weight is 278 g/mol. The Balaban J connectivity index is 2.30. The van der Waals surface area contributed by atoms with Crippen LogP contribution in [-0.4, -0.2) is 15.3 Å². The van der Waals surface area contributed by atoms with Crippen LogP contribution in [0.3, 0.4) is 0 Å². The molecule has 1 unspecified atom stereocenters. The van der Waals surface area contributed by atoms with Crippen LogP contribution in [0.2, 0.25) is 0 Å². The quantitative estimate of drug-likeness (QED) is 0.784. The second-order valence-electron chi connectivity index (χ2n) is 4.67. The molecule has 0 aliphatic carbocycles. The molecule has 1 aromatic carbocycles. The van der Waals surface area contributed by atoms with Crippen molar-refractivity contribution in [3.63, 3.8) is 0 Å². The zero-order valence-electron chi connectivity index (χ0n) is 11.4. The Hall–Kier alpha value is -2.04. The summed E-state index contributed by atoms with van der Waals surface area (Å²) in [6.45, 7) is 3.71. The zero-order chi connectivity index (χ0) is 14.7. The van der Waals surface area contributed by atoms with Crippen molar-refractivity contribution in [2.24, 2.45) is 0 Å². The van der Waals surface area contributed by atoms with Crippen LogP contribution in [-0.2, 0) is 6.42 Å². The number of imidazole rings is 1. The minimum Gasteiger partial charge on any atom is -0.324 e. The number of carbonyl (C=O) groups excluding carboxylic acids is 1. The molecule has 0 amide bonds. The fraction of sp³-hybridized carbons (Fsp3) is 0.333. The van der Waals surface area contributed by atoms with Crippen LogP contribution in [0.4, 0.5) is 8.78 Å².